The highest BCUT2D eigenvalue weighted by atomic mass is 16.5. The summed E-state index contributed by atoms with van der Waals surface area (Å²) in [5.74, 6) is -0.925. The second-order valence-corrected chi connectivity index (χ2v) is 6.43. The Bertz CT molecular complexity index is 954. The van der Waals surface area contributed by atoms with Gasteiger partial charge in [-0.05, 0) is 74.4 Å². The second-order valence-electron chi connectivity index (χ2n) is 6.43. The summed E-state index contributed by atoms with van der Waals surface area (Å²) in [7, 11) is 0. The van der Waals surface area contributed by atoms with Crippen LogP contribution in [0.1, 0.15) is 27.2 Å². The van der Waals surface area contributed by atoms with Gasteiger partial charge in [0.25, 0.3) is 5.91 Å². The molecular weight excluding hydrogens is 342 g/mol. The average molecular weight is 363 g/mol. The Balaban J connectivity index is 1.57. The van der Waals surface area contributed by atoms with Crippen molar-refractivity contribution in [2.24, 2.45) is 0 Å². The zero-order chi connectivity index (χ0) is 19.4. The molecule has 0 saturated carbocycles. The van der Waals surface area contributed by atoms with Gasteiger partial charge in [0.1, 0.15) is 0 Å². The largest absolute Gasteiger partial charge is 0.452 e. The number of nitrogens with one attached hydrogen (secondary N) is 1. The highest BCUT2D eigenvalue weighted by molar-refractivity contribution is 5.95. The van der Waals surface area contributed by atoms with Crippen molar-refractivity contribution >= 4 is 17.6 Å². The van der Waals surface area contributed by atoms with E-state index in [0.717, 1.165) is 22.5 Å². The molecule has 6 nitrogen and oxygen atoms in total. The standard InChI is InChI=1S/C21H21N3O3/c1-14-10-15(2)12-18(11-14)23-20(25)13-27-21(26)17-4-6-19(7-5-17)24-16(3)8-9-22-24/h4-12H,13H2,1-3H3,(H,23,25). The molecule has 0 aliphatic carbocycles. The number of carbonyl (C=O) groups is 2. The van der Waals surface area contributed by atoms with Gasteiger partial charge < -0.3 is 10.1 Å². The Morgan fingerprint density at radius 1 is 1.00 bits per heavy atom. The summed E-state index contributed by atoms with van der Waals surface area (Å²) in [6.07, 6.45) is 1.71. The summed E-state index contributed by atoms with van der Waals surface area (Å²) in [5.41, 5.74) is 5.01. The maximum Gasteiger partial charge on any atom is 0.338 e. The molecule has 0 aliphatic heterocycles. The Kier molecular flexibility index (Phi) is 5.35. The first-order valence-electron chi connectivity index (χ1n) is 8.59. The molecule has 3 rings (SSSR count). The topological polar surface area (TPSA) is 73.2 Å². The molecular formula is C21H21N3O3. The van der Waals surface area contributed by atoms with Crippen LogP contribution in [0, 0.1) is 20.8 Å². The summed E-state index contributed by atoms with van der Waals surface area (Å²) in [6.45, 7) is 5.52. The van der Waals surface area contributed by atoms with E-state index in [4.69, 9.17) is 4.74 Å². The maximum absolute atomic E-state index is 12.1. The van der Waals surface area contributed by atoms with Crippen molar-refractivity contribution in [1.82, 2.24) is 9.78 Å². The number of rotatable bonds is 5. The molecule has 0 saturated heterocycles. The summed E-state index contributed by atoms with van der Waals surface area (Å²) < 4.78 is 6.87. The van der Waals surface area contributed by atoms with Gasteiger partial charge in [0.15, 0.2) is 6.61 Å². The number of aromatic nitrogens is 2. The number of nitrogens with zero attached hydrogens (tertiary/aromatic N) is 2. The number of aryl methyl sites for hydroxylation is 3. The fourth-order valence-corrected chi connectivity index (χ4v) is 2.84. The average Bonchev–Trinajstić information content (AvgIpc) is 3.05. The van der Waals surface area contributed by atoms with E-state index in [2.05, 4.69) is 10.4 Å². The normalized spacial score (nSPS) is 10.5. The molecule has 1 N–H and O–H groups in total. The monoisotopic (exact) mass is 363 g/mol. The van der Waals surface area contributed by atoms with Crippen LogP contribution < -0.4 is 5.32 Å². The van der Waals surface area contributed by atoms with Gasteiger partial charge in [-0.15, -0.1) is 0 Å². The molecule has 0 radical (unpaired) electrons. The third-order valence-electron chi connectivity index (χ3n) is 4.02. The summed E-state index contributed by atoms with van der Waals surface area (Å²) in [6, 6.07) is 14.5. The van der Waals surface area contributed by atoms with E-state index in [1.165, 1.54) is 0 Å². The highest BCUT2D eigenvalue weighted by Crippen LogP contribution is 2.14. The first kappa shape index (κ1) is 18.4. The van der Waals surface area contributed by atoms with Crippen molar-refractivity contribution in [3.05, 3.63) is 77.1 Å². The number of amides is 1. The van der Waals surface area contributed by atoms with Crippen LogP contribution in [0.15, 0.2) is 54.7 Å². The van der Waals surface area contributed by atoms with E-state index in [-0.39, 0.29) is 12.5 Å². The Morgan fingerprint density at radius 2 is 1.67 bits per heavy atom. The lowest BCUT2D eigenvalue weighted by molar-refractivity contribution is -0.119. The minimum Gasteiger partial charge on any atom is -0.452 e. The Labute approximate surface area is 157 Å². The van der Waals surface area contributed by atoms with Gasteiger partial charge in [-0.25, -0.2) is 9.48 Å². The molecule has 2 aromatic carbocycles. The Hall–Kier alpha value is -3.41. The maximum atomic E-state index is 12.1. The summed E-state index contributed by atoms with van der Waals surface area (Å²) >= 11 is 0. The molecule has 0 bridgehead atoms. The van der Waals surface area contributed by atoms with Crippen molar-refractivity contribution in [3.8, 4) is 5.69 Å². The first-order valence-corrected chi connectivity index (χ1v) is 8.59. The third-order valence-corrected chi connectivity index (χ3v) is 4.02. The van der Waals surface area contributed by atoms with Crippen molar-refractivity contribution < 1.29 is 14.3 Å². The summed E-state index contributed by atoms with van der Waals surface area (Å²) in [4.78, 5) is 24.2. The van der Waals surface area contributed by atoms with Crippen LogP contribution in [0.2, 0.25) is 0 Å². The number of esters is 1. The fraction of sp³-hybridized carbons (Fsp3) is 0.190. The van der Waals surface area contributed by atoms with Gasteiger partial charge in [-0.1, -0.05) is 6.07 Å². The number of hydrogen-bond acceptors (Lipinski definition) is 4. The molecule has 0 unspecified atom stereocenters. The molecule has 0 spiro atoms. The van der Waals surface area contributed by atoms with E-state index in [1.807, 2.05) is 45.0 Å². The Morgan fingerprint density at radius 3 is 2.26 bits per heavy atom. The van der Waals surface area contributed by atoms with Crippen molar-refractivity contribution in [3.63, 3.8) is 0 Å². The fourth-order valence-electron chi connectivity index (χ4n) is 2.84. The van der Waals surface area contributed by atoms with Crippen LogP contribution in [-0.4, -0.2) is 28.3 Å². The smallest absolute Gasteiger partial charge is 0.338 e. The van der Waals surface area contributed by atoms with E-state index in [1.54, 1.807) is 35.1 Å². The first-order chi connectivity index (χ1) is 12.9. The number of ether oxygens (including phenoxy) is 1. The van der Waals surface area contributed by atoms with E-state index in [0.29, 0.717) is 11.3 Å². The highest BCUT2D eigenvalue weighted by Gasteiger charge is 2.11. The summed E-state index contributed by atoms with van der Waals surface area (Å²) in [5, 5.41) is 6.96. The van der Waals surface area contributed by atoms with Gasteiger partial charge in [-0.2, -0.15) is 5.10 Å². The van der Waals surface area contributed by atoms with E-state index in [9.17, 15) is 9.59 Å². The van der Waals surface area contributed by atoms with Crippen LogP contribution in [0.5, 0.6) is 0 Å². The molecule has 0 atom stereocenters. The van der Waals surface area contributed by atoms with Gasteiger partial charge in [-0.3, -0.25) is 4.79 Å². The molecule has 1 amide bonds. The quantitative estimate of drug-likeness (QED) is 0.703. The zero-order valence-corrected chi connectivity index (χ0v) is 15.5. The lowest BCUT2D eigenvalue weighted by atomic mass is 10.1. The molecule has 27 heavy (non-hydrogen) atoms. The van der Waals surface area contributed by atoms with Crippen LogP contribution in [0.4, 0.5) is 5.69 Å². The third kappa shape index (κ3) is 4.61. The number of carbonyl (C=O) groups excluding carboxylic acids is 2. The van der Waals surface area contributed by atoms with Crippen LogP contribution in [0.25, 0.3) is 5.69 Å². The lowest BCUT2D eigenvalue weighted by Crippen LogP contribution is -2.21. The number of hydrogen-bond donors (Lipinski definition) is 1. The molecule has 3 aromatic rings. The SMILES string of the molecule is Cc1cc(C)cc(NC(=O)COC(=O)c2ccc(-n3nccc3C)cc2)c1. The molecule has 138 valence electrons. The van der Waals surface area contributed by atoms with E-state index < -0.39 is 5.97 Å². The van der Waals surface area contributed by atoms with E-state index >= 15 is 0 Å². The number of anilines is 1. The van der Waals surface area contributed by atoms with Crippen LogP contribution in [0.3, 0.4) is 0 Å². The second kappa shape index (κ2) is 7.86. The van der Waals surface area contributed by atoms with Crippen molar-refractivity contribution in [2.45, 2.75) is 20.8 Å². The zero-order valence-electron chi connectivity index (χ0n) is 15.5. The molecule has 0 aliphatic rings. The molecule has 0 fully saturated rings. The van der Waals surface area contributed by atoms with Gasteiger partial charge in [0, 0.05) is 17.6 Å². The number of benzene rings is 2. The van der Waals surface area contributed by atoms with Gasteiger partial charge >= 0.3 is 5.97 Å². The van der Waals surface area contributed by atoms with Crippen LogP contribution >= 0.6 is 0 Å². The molecule has 1 heterocycles. The van der Waals surface area contributed by atoms with Crippen LogP contribution in [-0.2, 0) is 9.53 Å². The molecule has 1 aromatic heterocycles. The van der Waals surface area contributed by atoms with Crippen molar-refractivity contribution in [1.29, 1.82) is 0 Å². The lowest BCUT2D eigenvalue weighted by Gasteiger charge is -2.09. The van der Waals surface area contributed by atoms with Gasteiger partial charge in [0.05, 0.1) is 11.3 Å². The predicted molar refractivity (Wildman–Crippen MR) is 103 cm³/mol. The molecule has 6 heteroatoms. The van der Waals surface area contributed by atoms with Gasteiger partial charge in [0.2, 0.25) is 0 Å². The predicted octanol–water partition coefficient (Wildman–Crippen LogP) is 3.59. The van der Waals surface area contributed by atoms with Crippen molar-refractivity contribution in [2.75, 3.05) is 11.9 Å². The minimum atomic E-state index is -0.547. The minimum absolute atomic E-state index is 0.341.